The average Bonchev–Trinajstić information content (AvgIpc) is 2.05. The molecule has 2 nitrogen and oxygen atoms in total. The van der Waals surface area contributed by atoms with E-state index < -0.39 is 0 Å². The van der Waals surface area contributed by atoms with E-state index in [1.165, 1.54) is 7.11 Å². The summed E-state index contributed by atoms with van der Waals surface area (Å²) in [6.07, 6.45) is 4.06. The third-order valence-electron chi connectivity index (χ3n) is 2.38. The Kier molecular flexibility index (Phi) is 2.92. The van der Waals surface area contributed by atoms with Gasteiger partial charge in [0.25, 0.3) is 0 Å². The van der Waals surface area contributed by atoms with Gasteiger partial charge in [0.05, 0.1) is 13.0 Å². The van der Waals surface area contributed by atoms with Crippen LogP contribution in [0.5, 0.6) is 0 Å². The van der Waals surface area contributed by atoms with Crippen molar-refractivity contribution < 1.29 is 9.53 Å². The molecule has 0 amide bonds. The molecule has 1 saturated carbocycles. The lowest BCUT2D eigenvalue weighted by Gasteiger charge is -2.23. The van der Waals surface area contributed by atoms with Crippen molar-refractivity contribution in [3.8, 4) is 0 Å². The van der Waals surface area contributed by atoms with Gasteiger partial charge in [-0.1, -0.05) is 6.92 Å². The number of hydrogen-bond donors (Lipinski definition) is 0. The molecule has 11 heavy (non-hydrogen) atoms. The van der Waals surface area contributed by atoms with Gasteiger partial charge in [-0.25, -0.2) is 0 Å². The Bertz CT molecular complexity index is 134. The van der Waals surface area contributed by atoms with E-state index in [0.717, 1.165) is 25.7 Å². The third-order valence-corrected chi connectivity index (χ3v) is 2.38. The number of methoxy groups -OCH3 is 1. The molecule has 2 heteroatoms. The monoisotopic (exact) mass is 155 g/mol. The standard InChI is InChI=1S/C9H15O2/c1-7-3-5-8(6-4-7)9(10)11-2/h7-8H,1,3-6H2,2H3. The molecule has 1 radical (unpaired) electrons. The second kappa shape index (κ2) is 3.74. The van der Waals surface area contributed by atoms with Gasteiger partial charge in [0.2, 0.25) is 0 Å². The number of esters is 1. The summed E-state index contributed by atoms with van der Waals surface area (Å²) < 4.78 is 4.67. The summed E-state index contributed by atoms with van der Waals surface area (Å²) in [6, 6.07) is 0. The summed E-state index contributed by atoms with van der Waals surface area (Å²) >= 11 is 0. The molecular formula is C9H15O2. The van der Waals surface area contributed by atoms with Crippen molar-refractivity contribution >= 4 is 5.97 Å². The second-order valence-corrected chi connectivity index (χ2v) is 3.24. The lowest BCUT2D eigenvalue weighted by Crippen LogP contribution is -2.21. The van der Waals surface area contributed by atoms with Gasteiger partial charge in [-0.15, -0.1) is 0 Å². The van der Waals surface area contributed by atoms with Crippen LogP contribution in [0, 0.1) is 18.8 Å². The zero-order chi connectivity index (χ0) is 8.27. The summed E-state index contributed by atoms with van der Waals surface area (Å²) in [4.78, 5) is 11.0. The Morgan fingerprint density at radius 3 is 2.36 bits per heavy atom. The zero-order valence-corrected chi connectivity index (χ0v) is 7.01. The molecule has 1 rings (SSSR count). The number of carbonyl (C=O) groups is 1. The molecular weight excluding hydrogens is 140 g/mol. The zero-order valence-electron chi connectivity index (χ0n) is 7.01. The minimum absolute atomic E-state index is 0.0445. The summed E-state index contributed by atoms with van der Waals surface area (Å²) in [5.74, 6) is 0.658. The molecule has 0 aromatic carbocycles. The Morgan fingerprint density at radius 2 is 1.91 bits per heavy atom. The van der Waals surface area contributed by atoms with Gasteiger partial charge in [0.15, 0.2) is 0 Å². The van der Waals surface area contributed by atoms with Gasteiger partial charge in [-0.2, -0.15) is 0 Å². The molecule has 1 aliphatic rings. The molecule has 1 fully saturated rings. The first-order chi connectivity index (χ1) is 5.24. The van der Waals surface area contributed by atoms with Crippen LogP contribution in [-0.2, 0) is 9.53 Å². The Hall–Kier alpha value is -0.530. The Morgan fingerprint density at radius 1 is 1.36 bits per heavy atom. The first kappa shape index (κ1) is 8.57. The quantitative estimate of drug-likeness (QED) is 0.540. The van der Waals surface area contributed by atoms with Crippen molar-refractivity contribution in [3.63, 3.8) is 0 Å². The Balaban J connectivity index is 2.33. The summed E-state index contributed by atoms with van der Waals surface area (Å²) in [7, 11) is 1.46. The lowest BCUT2D eigenvalue weighted by atomic mass is 9.83. The summed E-state index contributed by atoms with van der Waals surface area (Å²) in [6.45, 7) is 3.96. The van der Waals surface area contributed by atoms with Crippen LogP contribution >= 0.6 is 0 Å². The fraction of sp³-hybridized carbons (Fsp3) is 0.778. The van der Waals surface area contributed by atoms with Crippen LogP contribution < -0.4 is 0 Å². The molecule has 0 spiro atoms. The van der Waals surface area contributed by atoms with E-state index in [-0.39, 0.29) is 11.9 Å². The van der Waals surface area contributed by atoms with E-state index in [1.54, 1.807) is 0 Å². The number of ether oxygens (including phenoxy) is 1. The van der Waals surface area contributed by atoms with Crippen LogP contribution in [0.15, 0.2) is 0 Å². The predicted octanol–water partition coefficient (Wildman–Crippen LogP) is 1.80. The van der Waals surface area contributed by atoms with Gasteiger partial charge < -0.3 is 4.74 Å². The van der Waals surface area contributed by atoms with Crippen molar-refractivity contribution in [2.24, 2.45) is 11.8 Å². The summed E-state index contributed by atoms with van der Waals surface area (Å²) in [5, 5.41) is 0. The normalized spacial score (nSPS) is 31.5. The first-order valence-electron chi connectivity index (χ1n) is 4.15. The van der Waals surface area contributed by atoms with Crippen molar-refractivity contribution in [2.75, 3.05) is 7.11 Å². The van der Waals surface area contributed by atoms with E-state index >= 15 is 0 Å². The highest BCUT2D eigenvalue weighted by Crippen LogP contribution is 2.28. The highest BCUT2D eigenvalue weighted by Gasteiger charge is 2.24. The van der Waals surface area contributed by atoms with E-state index in [4.69, 9.17) is 0 Å². The smallest absolute Gasteiger partial charge is 0.308 e. The largest absolute Gasteiger partial charge is 0.469 e. The molecule has 63 valence electrons. The van der Waals surface area contributed by atoms with Gasteiger partial charge >= 0.3 is 5.97 Å². The van der Waals surface area contributed by atoms with Gasteiger partial charge in [-0.05, 0) is 31.6 Å². The maximum Gasteiger partial charge on any atom is 0.308 e. The van der Waals surface area contributed by atoms with Crippen molar-refractivity contribution in [2.45, 2.75) is 25.7 Å². The molecule has 1 aliphatic carbocycles. The van der Waals surface area contributed by atoms with Gasteiger partial charge in [0, 0.05) is 0 Å². The van der Waals surface area contributed by atoms with Crippen LogP contribution in [0.25, 0.3) is 0 Å². The number of hydrogen-bond acceptors (Lipinski definition) is 2. The van der Waals surface area contributed by atoms with Crippen LogP contribution in [0.1, 0.15) is 25.7 Å². The fourth-order valence-corrected chi connectivity index (χ4v) is 1.56. The molecule has 0 N–H and O–H groups in total. The Labute approximate surface area is 67.9 Å². The molecule has 0 aromatic rings. The predicted molar refractivity (Wildman–Crippen MR) is 42.8 cm³/mol. The molecule has 0 aromatic heterocycles. The van der Waals surface area contributed by atoms with Crippen LogP contribution in [0.2, 0.25) is 0 Å². The van der Waals surface area contributed by atoms with Crippen molar-refractivity contribution in [1.29, 1.82) is 0 Å². The molecule has 0 aliphatic heterocycles. The molecule has 0 saturated heterocycles. The van der Waals surface area contributed by atoms with Crippen molar-refractivity contribution in [1.82, 2.24) is 0 Å². The molecule has 0 atom stereocenters. The van der Waals surface area contributed by atoms with Crippen LogP contribution in [0.4, 0.5) is 0 Å². The number of rotatable bonds is 1. The highest BCUT2D eigenvalue weighted by atomic mass is 16.5. The molecule has 0 unspecified atom stereocenters. The highest BCUT2D eigenvalue weighted by molar-refractivity contribution is 5.72. The van der Waals surface area contributed by atoms with E-state index in [9.17, 15) is 4.79 Å². The molecule has 0 heterocycles. The first-order valence-corrected chi connectivity index (χ1v) is 4.15. The van der Waals surface area contributed by atoms with E-state index in [2.05, 4.69) is 11.7 Å². The second-order valence-electron chi connectivity index (χ2n) is 3.24. The topological polar surface area (TPSA) is 26.3 Å². The molecule has 0 bridgehead atoms. The maximum atomic E-state index is 11.0. The van der Waals surface area contributed by atoms with Crippen LogP contribution in [-0.4, -0.2) is 13.1 Å². The number of carbonyl (C=O) groups excluding carboxylic acids is 1. The third kappa shape index (κ3) is 2.21. The van der Waals surface area contributed by atoms with E-state index in [0.29, 0.717) is 5.92 Å². The fourth-order valence-electron chi connectivity index (χ4n) is 1.56. The maximum absolute atomic E-state index is 11.0. The SMILES string of the molecule is [CH2]C1CCC(C(=O)OC)CC1. The minimum atomic E-state index is -0.0445. The van der Waals surface area contributed by atoms with Gasteiger partial charge in [-0.3, -0.25) is 4.79 Å². The minimum Gasteiger partial charge on any atom is -0.469 e. The summed E-state index contributed by atoms with van der Waals surface area (Å²) in [5.41, 5.74) is 0. The van der Waals surface area contributed by atoms with Crippen LogP contribution in [0.3, 0.4) is 0 Å². The lowest BCUT2D eigenvalue weighted by molar-refractivity contribution is -0.146. The van der Waals surface area contributed by atoms with E-state index in [1.807, 2.05) is 0 Å². The van der Waals surface area contributed by atoms with Crippen molar-refractivity contribution in [3.05, 3.63) is 6.92 Å². The van der Waals surface area contributed by atoms with Gasteiger partial charge in [0.1, 0.15) is 0 Å². The average molecular weight is 155 g/mol.